The monoisotopic (exact) mass is 233 g/mol. The molecule has 1 fully saturated rings. The van der Waals surface area contributed by atoms with Crippen LogP contribution in [0.25, 0.3) is 0 Å². The highest BCUT2D eigenvalue weighted by Crippen LogP contribution is 2.29. The van der Waals surface area contributed by atoms with Gasteiger partial charge in [0.15, 0.2) is 0 Å². The second-order valence-corrected chi connectivity index (χ2v) is 6.43. The Hall–Kier alpha value is -0.560. The van der Waals surface area contributed by atoms with E-state index in [0.29, 0.717) is 5.92 Å². The van der Waals surface area contributed by atoms with E-state index in [0.717, 1.165) is 17.8 Å². The first-order valence-electron chi connectivity index (χ1n) is 7.13. The Balaban J connectivity index is 1.96. The standard InChI is InChI=1S/C16H27N/c1-12-8-13(2)10-17(9-12)11-16-14(3)6-5-7-15(16)4/h5-7,12-14,16H,8-11H2,1-4H3. The van der Waals surface area contributed by atoms with Crippen molar-refractivity contribution in [1.29, 1.82) is 0 Å². The van der Waals surface area contributed by atoms with Gasteiger partial charge in [0.2, 0.25) is 0 Å². The van der Waals surface area contributed by atoms with Crippen LogP contribution in [0.2, 0.25) is 0 Å². The molecule has 1 aliphatic heterocycles. The lowest BCUT2D eigenvalue weighted by Gasteiger charge is -2.38. The van der Waals surface area contributed by atoms with Crippen molar-refractivity contribution in [3.63, 3.8) is 0 Å². The van der Waals surface area contributed by atoms with Gasteiger partial charge in [0, 0.05) is 19.6 Å². The first-order chi connectivity index (χ1) is 8.06. The topological polar surface area (TPSA) is 3.24 Å². The van der Waals surface area contributed by atoms with Crippen LogP contribution < -0.4 is 0 Å². The van der Waals surface area contributed by atoms with Crippen LogP contribution >= 0.6 is 0 Å². The van der Waals surface area contributed by atoms with Crippen molar-refractivity contribution in [2.24, 2.45) is 23.7 Å². The van der Waals surface area contributed by atoms with Gasteiger partial charge in [-0.25, -0.2) is 0 Å². The fourth-order valence-electron chi connectivity index (χ4n) is 3.58. The van der Waals surface area contributed by atoms with Crippen LogP contribution in [0.5, 0.6) is 0 Å². The molecule has 96 valence electrons. The Morgan fingerprint density at radius 2 is 1.82 bits per heavy atom. The van der Waals surface area contributed by atoms with Gasteiger partial charge in [0.25, 0.3) is 0 Å². The van der Waals surface area contributed by atoms with Gasteiger partial charge in [-0.05, 0) is 37.0 Å². The summed E-state index contributed by atoms with van der Waals surface area (Å²) in [6.07, 6.45) is 8.28. The predicted octanol–water partition coefficient (Wildman–Crippen LogP) is 3.73. The fraction of sp³-hybridized carbons (Fsp3) is 0.750. The maximum absolute atomic E-state index is 2.69. The fourth-order valence-corrected chi connectivity index (χ4v) is 3.58. The molecule has 0 N–H and O–H groups in total. The highest BCUT2D eigenvalue weighted by molar-refractivity contribution is 5.21. The zero-order valence-corrected chi connectivity index (χ0v) is 11.8. The molecule has 0 spiro atoms. The molecular weight excluding hydrogens is 206 g/mol. The first-order valence-corrected chi connectivity index (χ1v) is 7.13. The number of allylic oxidation sites excluding steroid dienone is 3. The summed E-state index contributed by atoms with van der Waals surface area (Å²) in [5.74, 6) is 3.18. The van der Waals surface area contributed by atoms with E-state index in [2.05, 4.69) is 50.8 Å². The predicted molar refractivity (Wildman–Crippen MR) is 74.9 cm³/mol. The van der Waals surface area contributed by atoms with Crippen LogP contribution in [0.4, 0.5) is 0 Å². The lowest BCUT2D eigenvalue weighted by molar-refractivity contribution is 0.121. The lowest BCUT2D eigenvalue weighted by atomic mass is 9.82. The third-order valence-corrected chi connectivity index (χ3v) is 4.39. The summed E-state index contributed by atoms with van der Waals surface area (Å²) >= 11 is 0. The summed E-state index contributed by atoms with van der Waals surface area (Å²) in [6.45, 7) is 13.3. The molecule has 4 atom stereocenters. The second kappa shape index (κ2) is 5.39. The van der Waals surface area contributed by atoms with Gasteiger partial charge in [-0.2, -0.15) is 0 Å². The molecule has 1 aliphatic carbocycles. The van der Waals surface area contributed by atoms with E-state index in [1.54, 1.807) is 5.57 Å². The Morgan fingerprint density at radius 1 is 1.18 bits per heavy atom. The van der Waals surface area contributed by atoms with Crippen molar-refractivity contribution < 1.29 is 0 Å². The molecule has 0 aromatic carbocycles. The summed E-state index contributed by atoms with van der Waals surface area (Å²) in [7, 11) is 0. The van der Waals surface area contributed by atoms with Gasteiger partial charge >= 0.3 is 0 Å². The number of rotatable bonds is 2. The van der Waals surface area contributed by atoms with E-state index in [4.69, 9.17) is 0 Å². The lowest BCUT2D eigenvalue weighted by Crippen LogP contribution is -2.42. The molecule has 2 aliphatic rings. The van der Waals surface area contributed by atoms with Gasteiger partial charge in [-0.3, -0.25) is 0 Å². The molecule has 0 bridgehead atoms. The van der Waals surface area contributed by atoms with Crippen molar-refractivity contribution in [3.05, 3.63) is 23.8 Å². The van der Waals surface area contributed by atoms with Crippen LogP contribution in [-0.4, -0.2) is 24.5 Å². The molecule has 2 rings (SSSR count). The van der Waals surface area contributed by atoms with Crippen LogP contribution in [-0.2, 0) is 0 Å². The van der Waals surface area contributed by atoms with Crippen molar-refractivity contribution in [1.82, 2.24) is 4.90 Å². The molecule has 1 saturated heterocycles. The average molecular weight is 233 g/mol. The van der Waals surface area contributed by atoms with Gasteiger partial charge in [0.1, 0.15) is 0 Å². The summed E-state index contributed by atoms with van der Waals surface area (Å²) in [5.41, 5.74) is 1.56. The molecule has 0 saturated carbocycles. The summed E-state index contributed by atoms with van der Waals surface area (Å²) in [6, 6.07) is 0. The molecule has 1 nitrogen and oxygen atoms in total. The van der Waals surface area contributed by atoms with Crippen molar-refractivity contribution in [3.8, 4) is 0 Å². The van der Waals surface area contributed by atoms with Gasteiger partial charge in [-0.15, -0.1) is 0 Å². The Kier molecular flexibility index (Phi) is 4.09. The van der Waals surface area contributed by atoms with E-state index < -0.39 is 0 Å². The van der Waals surface area contributed by atoms with Crippen molar-refractivity contribution in [2.75, 3.05) is 19.6 Å². The number of piperidine rings is 1. The number of hydrogen-bond donors (Lipinski definition) is 0. The van der Waals surface area contributed by atoms with E-state index in [1.165, 1.54) is 26.1 Å². The molecule has 1 heteroatoms. The molecule has 0 aromatic rings. The summed E-state index contributed by atoms with van der Waals surface area (Å²) in [4.78, 5) is 2.69. The summed E-state index contributed by atoms with van der Waals surface area (Å²) < 4.78 is 0. The van der Waals surface area contributed by atoms with E-state index in [9.17, 15) is 0 Å². The van der Waals surface area contributed by atoms with Gasteiger partial charge < -0.3 is 4.90 Å². The number of likely N-dealkylation sites (tertiary alicyclic amines) is 1. The Morgan fingerprint density at radius 3 is 2.41 bits per heavy atom. The minimum atomic E-state index is 0.701. The number of hydrogen-bond acceptors (Lipinski definition) is 1. The van der Waals surface area contributed by atoms with Crippen molar-refractivity contribution >= 4 is 0 Å². The molecule has 1 heterocycles. The molecule has 0 amide bonds. The maximum Gasteiger partial charge on any atom is 0.00528 e. The third-order valence-electron chi connectivity index (χ3n) is 4.39. The quantitative estimate of drug-likeness (QED) is 0.702. The normalized spacial score (nSPS) is 39.2. The SMILES string of the molecule is CC1=CC=CC(C)C1CN1CC(C)CC(C)C1. The summed E-state index contributed by atoms with van der Waals surface area (Å²) in [5, 5.41) is 0. The van der Waals surface area contributed by atoms with Crippen molar-refractivity contribution in [2.45, 2.75) is 34.1 Å². The highest BCUT2D eigenvalue weighted by Gasteiger charge is 2.26. The molecular formula is C16H27N. The largest absolute Gasteiger partial charge is 0.302 e. The van der Waals surface area contributed by atoms with Crippen LogP contribution in [0.3, 0.4) is 0 Å². The van der Waals surface area contributed by atoms with Gasteiger partial charge in [-0.1, -0.05) is 44.6 Å². The third kappa shape index (κ3) is 3.22. The second-order valence-electron chi connectivity index (χ2n) is 6.43. The average Bonchev–Trinajstić information content (AvgIpc) is 2.22. The minimum absolute atomic E-state index is 0.701. The molecule has 17 heavy (non-hydrogen) atoms. The van der Waals surface area contributed by atoms with E-state index in [1.807, 2.05) is 0 Å². The smallest absolute Gasteiger partial charge is 0.00528 e. The Bertz CT molecular complexity index is 305. The zero-order chi connectivity index (χ0) is 12.4. The molecule has 0 radical (unpaired) electrons. The van der Waals surface area contributed by atoms with Crippen LogP contribution in [0, 0.1) is 23.7 Å². The van der Waals surface area contributed by atoms with E-state index >= 15 is 0 Å². The molecule has 4 unspecified atom stereocenters. The Labute approximate surface area is 107 Å². The minimum Gasteiger partial charge on any atom is -0.302 e. The maximum atomic E-state index is 2.69. The van der Waals surface area contributed by atoms with E-state index in [-0.39, 0.29) is 0 Å². The molecule has 0 aromatic heterocycles. The highest BCUT2D eigenvalue weighted by atomic mass is 15.1. The van der Waals surface area contributed by atoms with Gasteiger partial charge in [0.05, 0.1) is 0 Å². The van der Waals surface area contributed by atoms with Crippen LogP contribution in [0.15, 0.2) is 23.8 Å². The zero-order valence-electron chi connectivity index (χ0n) is 11.8. The number of nitrogens with zero attached hydrogens (tertiary/aromatic N) is 1. The van der Waals surface area contributed by atoms with Crippen LogP contribution in [0.1, 0.15) is 34.1 Å². The first kappa shape index (κ1) is 12.9.